The molecule has 0 aliphatic heterocycles. The van der Waals surface area contributed by atoms with E-state index in [1.165, 1.54) is 90.7 Å². The van der Waals surface area contributed by atoms with Crippen molar-refractivity contribution in [2.24, 2.45) is 0 Å². The molecule has 0 saturated carbocycles. The molecule has 13 rings (SSSR count). The van der Waals surface area contributed by atoms with Crippen molar-refractivity contribution in [2.45, 2.75) is 19.3 Å². The number of fused-ring (bicyclic) bond motifs is 18. The Morgan fingerprint density at radius 3 is 1.86 bits per heavy atom. The second-order valence-electron chi connectivity index (χ2n) is 16.1. The molecule has 0 amide bonds. The molecule has 0 saturated heterocycles. The van der Waals surface area contributed by atoms with Crippen molar-refractivity contribution in [3.63, 3.8) is 0 Å². The minimum absolute atomic E-state index is 0.290. The van der Waals surface area contributed by atoms with Crippen molar-refractivity contribution in [3.05, 3.63) is 175 Å². The minimum Gasteiger partial charge on any atom is -0.278 e. The lowest BCUT2D eigenvalue weighted by molar-refractivity contribution is 0.657. The Kier molecular flexibility index (Phi) is 6.12. The van der Waals surface area contributed by atoms with Gasteiger partial charge >= 0.3 is 0 Å². The maximum Gasteiger partial charge on any atom is 0.235 e. The average molecular weight is 744 g/mol. The topological polar surface area (TPSA) is 30.7 Å². The Morgan fingerprint density at radius 2 is 1.04 bits per heavy atom. The standard InChI is InChI=1S/C53H33N3S/c1-53(2)41-21-11-9-20-40(41)51-49(53)50(31-23-25-37-36-18-10-12-22-44(36)57-45(37)29-31)54-52(55-51)56-42-27-24-30-13-3-4-14-32(30)47(42)48-43(56)28-26-39-35-17-6-5-15-33(35)34-16-7-8-19-38(34)46(39)48/h3-29H,1-2H3. The van der Waals surface area contributed by atoms with Gasteiger partial charge < -0.3 is 0 Å². The van der Waals surface area contributed by atoms with Gasteiger partial charge in [0.25, 0.3) is 0 Å². The van der Waals surface area contributed by atoms with E-state index < -0.39 is 0 Å². The lowest BCUT2D eigenvalue weighted by atomic mass is 9.81. The zero-order chi connectivity index (χ0) is 37.6. The first-order valence-electron chi connectivity index (χ1n) is 19.7. The average Bonchev–Trinajstić information content (AvgIpc) is 3.88. The zero-order valence-corrected chi connectivity index (χ0v) is 32.2. The molecule has 266 valence electrons. The van der Waals surface area contributed by atoms with E-state index in [2.05, 4.69) is 182 Å². The van der Waals surface area contributed by atoms with Crippen molar-refractivity contribution in [2.75, 3.05) is 0 Å². The minimum atomic E-state index is -0.290. The third-order valence-electron chi connectivity index (χ3n) is 12.8. The summed E-state index contributed by atoms with van der Waals surface area (Å²) >= 11 is 1.85. The fraction of sp³-hybridized carbons (Fsp3) is 0.0566. The number of hydrogen-bond donors (Lipinski definition) is 0. The van der Waals surface area contributed by atoms with Gasteiger partial charge in [-0.15, -0.1) is 11.3 Å². The van der Waals surface area contributed by atoms with Crippen molar-refractivity contribution in [1.82, 2.24) is 14.5 Å². The molecule has 3 nitrogen and oxygen atoms in total. The first-order valence-corrected chi connectivity index (χ1v) is 20.5. The summed E-state index contributed by atoms with van der Waals surface area (Å²) in [6.45, 7) is 4.66. The summed E-state index contributed by atoms with van der Waals surface area (Å²) in [6, 6.07) is 60.2. The van der Waals surface area contributed by atoms with Gasteiger partial charge in [-0.2, -0.15) is 0 Å². The number of hydrogen-bond acceptors (Lipinski definition) is 3. The van der Waals surface area contributed by atoms with Crippen LogP contribution < -0.4 is 0 Å². The molecule has 3 aromatic heterocycles. The highest BCUT2D eigenvalue weighted by atomic mass is 32.1. The molecule has 0 bridgehead atoms. The van der Waals surface area contributed by atoms with Crippen LogP contribution in [0.3, 0.4) is 0 Å². The predicted octanol–water partition coefficient (Wildman–Crippen LogP) is 14.5. The Hall–Kier alpha value is -6.88. The third-order valence-corrected chi connectivity index (χ3v) is 13.9. The second-order valence-corrected chi connectivity index (χ2v) is 17.1. The number of nitrogens with zero attached hydrogens (tertiary/aromatic N) is 3. The van der Waals surface area contributed by atoms with E-state index in [9.17, 15) is 0 Å². The van der Waals surface area contributed by atoms with Gasteiger partial charge in [-0.3, -0.25) is 4.57 Å². The molecule has 4 heteroatoms. The van der Waals surface area contributed by atoms with Gasteiger partial charge in [0.1, 0.15) is 0 Å². The Labute approximate surface area is 332 Å². The highest BCUT2D eigenvalue weighted by Crippen LogP contribution is 2.52. The molecule has 0 spiro atoms. The van der Waals surface area contributed by atoms with Crippen LogP contribution in [-0.4, -0.2) is 14.5 Å². The number of thiophene rings is 1. The van der Waals surface area contributed by atoms with Gasteiger partial charge in [0.15, 0.2) is 0 Å². The van der Waals surface area contributed by atoms with Crippen LogP contribution in [-0.2, 0) is 5.41 Å². The lowest BCUT2D eigenvalue weighted by Gasteiger charge is -2.24. The lowest BCUT2D eigenvalue weighted by Crippen LogP contribution is -2.18. The van der Waals surface area contributed by atoms with E-state index in [0.29, 0.717) is 5.95 Å². The molecule has 0 atom stereocenters. The molecule has 9 aromatic carbocycles. The van der Waals surface area contributed by atoms with Crippen LogP contribution >= 0.6 is 11.3 Å². The number of rotatable bonds is 2. The van der Waals surface area contributed by atoms with Crippen LogP contribution in [0.4, 0.5) is 0 Å². The Balaban J connectivity index is 1.21. The molecule has 0 fully saturated rings. The summed E-state index contributed by atoms with van der Waals surface area (Å²) in [5.74, 6) is 0.687. The first-order chi connectivity index (χ1) is 28.0. The summed E-state index contributed by atoms with van der Waals surface area (Å²) in [5, 5.41) is 15.1. The van der Waals surface area contributed by atoms with Gasteiger partial charge in [0.2, 0.25) is 5.95 Å². The van der Waals surface area contributed by atoms with E-state index in [1.807, 2.05) is 11.3 Å². The second kappa shape index (κ2) is 11.1. The third kappa shape index (κ3) is 4.10. The highest BCUT2D eigenvalue weighted by molar-refractivity contribution is 7.25. The molecule has 1 aliphatic carbocycles. The normalized spacial score (nSPS) is 13.6. The molecule has 0 radical (unpaired) electrons. The fourth-order valence-electron chi connectivity index (χ4n) is 10.3. The van der Waals surface area contributed by atoms with Crippen LogP contribution in [0.2, 0.25) is 0 Å². The van der Waals surface area contributed by atoms with Crippen molar-refractivity contribution in [1.29, 1.82) is 0 Å². The summed E-state index contributed by atoms with van der Waals surface area (Å²) in [4.78, 5) is 11.4. The van der Waals surface area contributed by atoms with Crippen LogP contribution in [0.15, 0.2) is 164 Å². The number of benzene rings is 9. The van der Waals surface area contributed by atoms with Gasteiger partial charge in [0.05, 0.1) is 22.4 Å². The summed E-state index contributed by atoms with van der Waals surface area (Å²) < 4.78 is 4.91. The first kappa shape index (κ1) is 31.3. The maximum absolute atomic E-state index is 5.73. The molecule has 3 heterocycles. The van der Waals surface area contributed by atoms with Crippen LogP contribution in [0.25, 0.3) is 114 Å². The summed E-state index contributed by atoms with van der Waals surface area (Å²) in [6.07, 6.45) is 0. The largest absolute Gasteiger partial charge is 0.278 e. The zero-order valence-electron chi connectivity index (χ0n) is 31.3. The van der Waals surface area contributed by atoms with Gasteiger partial charge in [-0.25, -0.2) is 9.97 Å². The van der Waals surface area contributed by atoms with E-state index in [0.717, 1.165) is 28.0 Å². The molecule has 12 aromatic rings. The molecule has 57 heavy (non-hydrogen) atoms. The smallest absolute Gasteiger partial charge is 0.235 e. The van der Waals surface area contributed by atoms with E-state index >= 15 is 0 Å². The van der Waals surface area contributed by atoms with E-state index in [-0.39, 0.29) is 5.41 Å². The summed E-state index contributed by atoms with van der Waals surface area (Å²) in [7, 11) is 0. The molecular formula is C53H33N3S. The SMILES string of the molecule is CC1(C)c2ccccc2-c2nc(-n3c4ccc5ccccc5c4c4c5c6ccccc6c6ccccc6c5ccc43)nc(-c3ccc4c(c3)sc3ccccc34)c21. The monoisotopic (exact) mass is 743 g/mol. The summed E-state index contributed by atoms with van der Waals surface area (Å²) in [5.41, 5.74) is 8.68. The Morgan fingerprint density at radius 1 is 0.456 bits per heavy atom. The Bertz CT molecular complexity index is 3700. The van der Waals surface area contributed by atoms with Crippen LogP contribution in [0.5, 0.6) is 0 Å². The van der Waals surface area contributed by atoms with Gasteiger partial charge in [-0.1, -0.05) is 153 Å². The maximum atomic E-state index is 5.73. The van der Waals surface area contributed by atoms with Crippen molar-refractivity contribution >= 4 is 96.4 Å². The quantitative estimate of drug-likeness (QED) is 0.165. The van der Waals surface area contributed by atoms with Crippen LogP contribution in [0, 0.1) is 0 Å². The number of aromatic nitrogens is 3. The molecule has 1 aliphatic rings. The molecule has 0 unspecified atom stereocenters. The van der Waals surface area contributed by atoms with Crippen molar-refractivity contribution < 1.29 is 0 Å². The van der Waals surface area contributed by atoms with Crippen LogP contribution in [0.1, 0.15) is 25.0 Å². The van der Waals surface area contributed by atoms with Crippen molar-refractivity contribution in [3.8, 4) is 28.5 Å². The highest BCUT2D eigenvalue weighted by Gasteiger charge is 2.40. The molecular weight excluding hydrogens is 711 g/mol. The predicted molar refractivity (Wildman–Crippen MR) is 242 cm³/mol. The van der Waals surface area contributed by atoms with E-state index in [4.69, 9.17) is 9.97 Å². The van der Waals surface area contributed by atoms with Gasteiger partial charge in [0, 0.05) is 58.4 Å². The fourth-order valence-corrected chi connectivity index (χ4v) is 11.4. The van der Waals surface area contributed by atoms with E-state index in [1.54, 1.807) is 0 Å². The molecule has 0 N–H and O–H groups in total. The van der Waals surface area contributed by atoms with Gasteiger partial charge in [-0.05, 0) is 67.5 Å².